The zero-order valence-electron chi connectivity index (χ0n) is 9.56. The molecule has 0 spiro atoms. The van der Waals surface area contributed by atoms with Crippen molar-refractivity contribution in [1.29, 1.82) is 0 Å². The van der Waals surface area contributed by atoms with Crippen molar-refractivity contribution in [3.63, 3.8) is 0 Å². The van der Waals surface area contributed by atoms with Crippen LogP contribution in [0, 0.1) is 5.92 Å². The van der Waals surface area contributed by atoms with Gasteiger partial charge in [0.15, 0.2) is 0 Å². The monoisotopic (exact) mass is 235 g/mol. The maximum atomic E-state index is 11.0. The van der Waals surface area contributed by atoms with Crippen LogP contribution in [0.15, 0.2) is 0 Å². The zero-order valence-corrected chi connectivity index (χ0v) is 9.56. The molecule has 7 heteroatoms. The van der Waals surface area contributed by atoms with Crippen molar-refractivity contribution >= 4 is 12.1 Å². The molecule has 1 amide bonds. The fourth-order valence-electron chi connectivity index (χ4n) is 1.24. The Morgan fingerprint density at radius 2 is 1.69 bits per heavy atom. The number of aliphatic carboxylic acids is 1. The van der Waals surface area contributed by atoms with Crippen LogP contribution in [0.25, 0.3) is 0 Å². The summed E-state index contributed by atoms with van der Waals surface area (Å²) in [4.78, 5) is 21.9. The van der Waals surface area contributed by atoms with Crippen LogP contribution in [0.5, 0.6) is 0 Å². The first-order valence-corrected chi connectivity index (χ1v) is 4.62. The number of carboxylic acids is 1. The van der Waals surface area contributed by atoms with Gasteiger partial charge >= 0.3 is 12.1 Å². The lowest BCUT2D eigenvalue weighted by Gasteiger charge is -2.22. The number of hydrogen-bond acceptors (Lipinski definition) is 5. The Bertz CT molecular complexity index is 226. The molecule has 0 bridgehead atoms. The highest BCUT2D eigenvalue weighted by molar-refractivity contribution is 5.80. The van der Waals surface area contributed by atoms with Crippen LogP contribution in [-0.2, 0) is 19.0 Å². The number of amides is 1. The first-order valence-electron chi connectivity index (χ1n) is 4.62. The van der Waals surface area contributed by atoms with E-state index in [0.717, 1.165) is 7.11 Å². The van der Waals surface area contributed by atoms with Crippen LogP contribution in [-0.4, -0.2) is 57.8 Å². The van der Waals surface area contributed by atoms with Crippen LogP contribution in [0.3, 0.4) is 0 Å². The molecule has 0 radical (unpaired) electrons. The first kappa shape index (κ1) is 14.7. The summed E-state index contributed by atoms with van der Waals surface area (Å²) in [6.45, 7) is 0.323. The smallest absolute Gasteiger partial charge is 0.407 e. The predicted molar refractivity (Wildman–Crippen MR) is 54.2 cm³/mol. The Hall–Kier alpha value is -1.34. The minimum Gasteiger partial charge on any atom is -0.480 e. The van der Waals surface area contributed by atoms with Crippen LogP contribution < -0.4 is 5.32 Å². The van der Waals surface area contributed by atoms with Crippen molar-refractivity contribution in [1.82, 2.24) is 5.32 Å². The third-order valence-electron chi connectivity index (χ3n) is 1.96. The molecular formula is C9H17NO6. The summed E-state index contributed by atoms with van der Waals surface area (Å²) in [7, 11) is 4.05. The second kappa shape index (κ2) is 7.89. The van der Waals surface area contributed by atoms with Gasteiger partial charge in [0.2, 0.25) is 0 Å². The third kappa shape index (κ3) is 4.94. The van der Waals surface area contributed by atoms with Crippen molar-refractivity contribution in [3.8, 4) is 0 Å². The van der Waals surface area contributed by atoms with E-state index in [1.54, 1.807) is 0 Å². The van der Waals surface area contributed by atoms with E-state index < -0.39 is 24.0 Å². The number of ether oxygens (including phenoxy) is 3. The topological polar surface area (TPSA) is 94.1 Å². The molecule has 0 aromatic rings. The largest absolute Gasteiger partial charge is 0.480 e. The zero-order chi connectivity index (χ0) is 12.6. The van der Waals surface area contributed by atoms with Crippen molar-refractivity contribution in [2.45, 2.75) is 6.04 Å². The summed E-state index contributed by atoms with van der Waals surface area (Å²) in [5.41, 5.74) is 0. The Morgan fingerprint density at radius 1 is 1.19 bits per heavy atom. The Balaban J connectivity index is 4.56. The second-order valence-corrected chi connectivity index (χ2v) is 3.12. The molecule has 0 unspecified atom stereocenters. The minimum absolute atomic E-state index is 0.162. The van der Waals surface area contributed by atoms with Crippen molar-refractivity contribution in [2.75, 3.05) is 34.5 Å². The van der Waals surface area contributed by atoms with Gasteiger partial charge < -0.3 is 24.6 Å². The highest BCUT2D eigenvalue weighted by Gasteiger charge is 2.30. The van der Waals surface area contributed by atoms with Gasteiger partial charge in [0, 0.05) is 20.1 Å². The van der Waals surface area contributed by atoms with Crippen LogP contribution in [0.4, 0.5) is 4.79 Å². The quantitative estimate of drug-likeness (QED) is 0.629. The number of nitrogens with one attached hydrogen (secondary N) is 1. The molecule has 0 heterocycles. The second-order valence-electron chi connectivity index (χ2n) is 3.12. The van der Waals surface area contributed by atoms with Gasteiger partial charge in [0.05, 0.1) is 20.3 Å². The summed E-state index contributed by atoms with van der Waals surface area (Å²) < 4.78 is 14.1. The standard InChI is InChI=1S/C9H17NO6/c1-14-4-6(5-15-2)7(8(11)12)10-9(13)16-3/h6-7H,4-5H2,1-3H3,(H,10,13)(H,11,12)/t7-/m0/s1. The van der Waals surface area contributed by atoms with Crippen molar-refractivity contribution < 1.29 is 28.9 Å². The van der Waals surface area contributed by atoms with Crippen LogP contribution in [0.1, 0.15) is 0 Å². The van der Waals surface area contributed by atoms with E-state index >= 15 is 0 Å². The molecule has 0 aliphatic carbocycles. The number of methoxy groups -OCH3 is 3. The molecule has 0 saturated heterocycles. The van der Waals surface area contributed by atoms with E-state index in [1.165, 1.54) is 14.2 Å². The molecule has 0 aliphatic heterocycles. The van der Waals surface area contributed by atoms with E-state index in [0.29, 0.717) is 0 Å². The normalized spacial score (nSPS) is 12.2. The molecule has 0 rings (SSSR count). The van der Waals surface area contributed by atoms with E-state index in [4.69, 9.17) is 14.6 Å². The lowest BCUT2D eigenvalue weighted by Crippen LogP contribution is -2.48. The van der Waals surface area contributed by atoms with Gasteiger partial charge in [-0.1, -0.05) is 0 Å². The molecule has 7 nitrogen and oxygen atoms in total. The number of carboxylic acid groups (broad SMARTS) is 1. The summed E-state index contributed by atoms with van der Waals surface area (Å²) in [6, 6.07) is -1.10. The number of carbonyl (C=O) groups is 2. The summed E-state index contributed by atoms with van der Waals surface area (Å²) in [5.74, 6) is -1.64. The van der Waals surface area contributed by atoms with Gasteiger partial charge in [-0.2, -0.15) is 0 Å². The van der Waals surface area contributed by atoms with Crippen molar-refractivity contribution in [3.05, 3.63) is 0 Å². The molecule has 0 aliphatic rings. The van der Waals surface area contributed by atoms with Gasteiger partial charge in [0.25, 0.3) is 0 Å². The maximum Gasteiger partial charge on any atom is 0.407 e. The summed E-state index contributed by atoms with van der Waals surface area (Å²) in [5, 5.41) is 11.2. The molecule has 94 valence electrons. The van der Waals surface area contributed by atoms with E-state index in [1.807, 2.05) is 0 Å². The average molecular weight is 235 g/mol. The Labute approximate surface area is 93.7 Å². The molecule has 0 aromatic carbocycles. The summed E-state index contributed by atoms with van der Waals surface area (Å²) in [6.07, 6.45) is -0.801. The minimum atomic E-state index is -1.16. The number of alkyl carbamates (subject to hydrolysis) is 1. The van der Waals surface area contributed by atoms with Crippen LogP contribution >= 0.6 is 0 Å². The maximum absolute atomic E-state index is 11.0. The molecular weight excluding hydrogens is 218 g/mol. The van der Waals surface area contributed by atoms with E-state index in [2.05, 4.69) is 10.1 Å². The molecule has 0 saturated carbocycles. The van der Waals surface area contributed by atoms with Gasteiger partial charge in [-0.05, 0) is 0 Å². The number of rotatable bonds is 7. The van der Waals surface area contributed by atoms with Gasteiger partial charge in [0.1, 0.15) is 6.04 Å². The van der Waals surface area contributed by atoms with Gasteiger partial charge in [-0.25, -0.2) is 9.59 Å². The van der Waals surface area contributed by atoms with Gasteiger partial charge in [-0.3, -0.25) is 0 Å². The first-order chi connectivity index (χ1) is 7.56. The van der Waals surface area contributed by atoms with Gasteiger partial charge in [-0.15, -0.1) is 0 Å². The highest BCUT2D eigenvalue weighted by Crippen LogP contribution is 2.06. The Morgan fingerprint density at radius 3 is 2.00 bits per heavy atom. The molecule has 0 aromatic heterocycles. The predicted octanol–water partition coefficient (Wildman–Crippen LogP) is -0.295. The average Bonchev–Trinajstić information content (AvgIpc) is 2.25. The van der Waals surface area contributed by atoms with Crippen LogP contribution in [0.2, 0.25) is 0 Å². The molecule has 1 atom stereocenters. The highest BCUT2D eigenvalue weighted by atomic mass is 16.5. The number of hydrogen-bond donors (Lipinski definition) is 2. The summed E-state index contributed by atoms with van der Waals surface area (Å²) >= 11 is 0. The molecule has 2 N–H and O–H groups in total. The Kier molecular flexibility index (Phi) is 7.23. The lowest BCUT2D eigenvalue weighted by atomic mass is 10.0. The molecule has 0 fully saturated rings. The molecule has 16 heavy (non-hydrogen) atoms. The SMILES string of the molecule is COCC(COC)[C@H](NC(=O)OC)C(=O)O. The fourth-order valence-corrected chi connectivity index (χ4v) is 1.24. The van der Waals surface area contributed by atoms with Crippen molar-refractivity contribution in [2.24, 2.45) is 5.92 Å². The lowest BCUT2D eigenvalue weighted by molar-refractivity contribution is -0.142. The third-order valence-corrected chi connectivity index (χ3v) is 1.96. The van der Waals surface area contributed by atoms with E-state index in [9.17, 15) is 9.59 Å². The van der Waals surface area contributed by atoms with E-state index in [-0.39, 0.29) is 13.2 Å². The fraction of sp³-hybridized carbons (Fsp3) is 0.778. The number of carbonyl (C=O) groups excluding carboxylic acids is 1.